The van der Waals surface area contributed by atoms with E-state index in [9.17, 15) is 5.11 Å². The van der Waals surface area contributed by atoms with E-state index >= 15 is 0 Å². The topological polar surface area (TPSA) is 35.9 Å². The molecule has 19 heavy (non-hydrogen) atoms. The maximum absolute atomic E-state index is 9.74. The minimum absolute atomic E-state index is 0.110. The SMILES string of the molecule is COc1ccccc1N1C(C)CCN(C)CC1CO. The van der Waals surface area contributed by atoms with Gasteiger partial charge in [0.2, 0.25) is 0 Å². The van der Waals surface area contributed by atoms with Crippen molar-refractivity contribution < 1.29 is 9.84 Å². The highest BCUT2D eigenvalue weighted by Gasteiger charge is 2.29. The first-order chi connectivity index (χ1) is 9.17. The summed E-state index contributed by atoms with van der Waals surface area (Å²) in [6, 6.07) is 8.55. The van der Waals surface area contributed by atoms with Crippen LogP contribution in [0.5, 0.6) is 5.75 Å². The third-order valence-corrected chi connectivity index (χ3v) is 3.89. The standard InChI is InChI=1S/C15H24N2O2/c1-12-8-9-16(2)10-13(11-18)17(12)14-6-4-5-7-15(14)19-3/h4-7,12-13,18H,8-11H2,1-3H3. The molecule has 0 aromatic heterocycles. The van der Waals surface area contributed by atoms with Crippen LogP contribution in [0.1, 0.15) is 13.3 Å². The van der Waals surface area contributed by atoms with Gasteiger partial charge in [-0.15, -0.1) is 0 Å². The zero-order chi connectivity index (χ0) is 13.8. The summed E-state index contributed by atoms with van der Waals surface area (Å²) in [5.74, 6) is 0.873. The normalized spacial score (nSPS) is 25.2. The summed E-state index contributed by atoms with van der Waals surface area (Å²) in [7, 11) is 3.81. The highest BCUT2D eigenvalue weighted by molar-refractivity contribution is 5.60. The quantitative estimate of drug-likeness (QED) is 0.899. The number of hydrogen-bond acceptors (Lipinski definition) is 4. The summed E-state index contributed by atoms with van der Waals surface area (Å²) < 4.78 is 5.47. The molecule has 2 unspecified atom stereocenters. The Bertz CT molecular complexity index is 411. The molecule has 1 aliphatic heterocycles. The van der Waals surface area contributed by atoms with Crippen molar-refractivity contribution >= 4 is 5.69 Å². The van der Waals surface area contributed by atoms with E-state index in [1.54, 1.807) is 7.11 Å². The molecule has 106 valence electrons. The van der Waals surface area contributed by atoms with Crippen LogP contribution < -0.4 is 9.64 Å². The molecule has 0 aliphatic carbocycles. The Balaban J connectivity index is 2.37. The molecule has 0 amide bonds. The number of aliphatic hydroxyl groups is 1. The maximum Gasteiger partial charge on any atom is 0.142 e. The molecule has 0 bridgehead atoms. The molecule has 0 radical (unpaired) electrons. The Labute approximate surface area is 115 Å². The lowest BCUT2D eigenvalue weighted by Gasteiger charge is -2.36. The van der Waals surface area contributed by atoms with Crippen LogP contribution in [0.4, 0.5) is 5.69 Å². The van der Waals surface area contributed by atoms with E-state index in [0.717, 1.165) is 30.9 Å². The number of ether oxygens (including phenoxy) is 1. The summed E-state index contributed by atoms with van der Waals surface area (Å²) in [6.07, 6.45) is 1.09. The molecular weight excluding hydrogens is 240 g/mol. The van der Waals surface area contributed by atoms with Crippen molar-refractivity contribution in [2.24, 2.45) is 0 Å². The maximum atomic E-state index is 9.74. The molecule has 0 spiro atoms. The van der Waals surface area contributed by atoms with Crippen molar-refractivity contribution in [1.29, 1.82) is 0 Å². The van der Waals surface area contributed by atoms with Crippen LogP contribution in [0.2, 0.25) is 0 Å². The summed E-state index contributed by atoms with van der Waals surface area (Å²) in [6.45, 7) is 4.31. The first-order valence-corrected chi connectivity index (χ1v) is 6.88. The van der Waals surface area contributed by atoms with Crippen molar-refractivity contribution in [1.82, 2.24) is 4.90 Å². The number of likely N-dealkylation sites (N-methyl/N-ethyl adjacent to an activating group) is 1. The van der Waals surface area contributed by atoms with Crippen molar-refractivity contribution in [3.05, 3.63) is 24.3 Å². The van der Waals surface area contributed by atoms with Crippen molar-refractivity contribution in [2.45, 2.75) is 25.4 Å². The van der Waals surface area contributed by atoms with Gasteiger partial charge in [0.1, 0.15) is 5.75 Å². The summed E-state index contributed by atoms with van der Waals surface area (Å²) >= 11 is 0. The Hall–Kier alpha value is -1.26. The molecule has 1 fully saturated rings. The van der Waals surface area contributed by atoms with Gasteiger partial charge in [0.05, 0.1) is 25.4 Å². The second kappa shape index (κ2) is 6.26. The van der Waals surface area contributed by atoms with Crippen LogP contribution in [-0.2, 0) is 0 Å². The van der Waals surface area contributed by atoms with Gasteiger partial charge in [0, 0.05) is 12.6 Å². The van der Waals surface area contributed by atoms with E-state index in [0.29, 0.717) is 6.04 Å². The first-order valence-electron chi connectivity index (χ1n) is 6.88. The first kappa shape index (κ1) is 14.2. The second-order valence-corrected chi connectivity index (χ2v) is 5.32. The van der Waals surface area contributed by atoms with E-state index in [2.05, 4.69) is 29.8 Å². The highest BCUT2D eigenvalue weighted by Crippen LogP contribution is 2.32. The average Bonchev–Trinajstić information content (AvgIpc) is 2.58. The minimum atomic E-state index is 0.110. The molecule has 2 rings (SSSR count). The Morgan fingerprint density at radius 3 is 2.79 bits per heavy atom. The fraction of sp³-hybridized carbons (Fsp3) is 0.600. The van der Waals surface area contributed by atoms with Gasteiger partial charge in [-0.25, -0.2) is 0 Å². The van der Waals surface area contributed by atoms with Crippen LogP contribution in [0.3, 0.4) is 0 Å². The van der Waals surface area contributed by atoms with Crippen LogP contribution in [0, 0.1) is 0 Å². The second-order valence-electron chi connectivity index (χ2n) is 5.32. The van der Waals surface area contributed by atoms with Crippen molar-refractivity contribution in [3.8, 4) is 5.75 Å². The Morgan fingerprint density at radius 1 is 1.37 bits per heavy atom. The predicted octanol–water partition coefficient (Wildman–Crippen LogP) is 1.59. The van der Waals surface area contributed by atoms with Gasteiger partial charge in [-0.2, -0.15) is 0 Å². The van der Waals surface area contributed by atoms with Gasteiger partial charge < -0.3 is 19.6 Å². The average molecular weight is 264 g/mol. The monoisotopic (exact) mass is 264 g/mol. The number of aliphatic hydroxyl groups excluding tert-OH is 1. The van der Waals surface area contributed by atoms with E-state index in [1.807, 2.05) is 18.2 Å². The van der Waals surface area contributed by atoms with Crippen molar-refractivity contribution in [3.63, 3.8) is 0 Å². The molecule has 1 aromatic rings. The number of methoxy groups -OCH3 is 1. The summed E-state index contributed by atoms with van der Waals surface area (Å²) in [4.78, 5) is 4.59. The third kappa shape index (κ3) is 3.01. The lowest BCUT2D eigenvalue weighted by atomic mass is 10.1. The molecule has 1 N–H and O–H groups in total. The van der Waals surface area contributed by atoms with Gasteiger partial charge in [-0.1, -0.05) is 12.1 Å². The van der Waals surface area contributed by atoms with Crippen molar-refractivity contribution in [2.75, 3.05) is 38.8 Å². The Kier molecular flexibility index (Phi) is 4.66. The molecule has 4 nitrogen and oxygen atoms in total. The smallest absolute Gasteiger partial charge is 0.142 e. The van der Waals surface area contributed by atoms with Gasteiger partial charge in [0.25, 0.3) is 0 Å². The number of rotatable bonds is 3. The van der Waals surface area contributed by atoms with E-state index < -0.39 is 0 Å². The molecule has 1 aromatic carbocycles. The van der Waals surface area contributed by atoms with Crippen LogP contribution in [0.25, 0.3) is 0 Å². The molecule has 1 aliphatic rings. The van der Waals surface area contributed by atoms with Gasteiger partial charge in [0.15, 0.2) is 0 Å². The number of para-hydroxylation sites is 2. The van der Waals surface area contributed by atoms with Crippen LogP contribution in [-0.4, -0.2) is 55.9 Å². The molecule has 0 saturated carbocycles. The third-order valence-electron chi connectivity index (χ3n) is 3.89. The number of benzene rings is 1. The Morgan fingerprint density at radius 2 is 2.11 bits per heavy atom. The van der Waals surface area contributed by atoms with Crippen LogP contribution >= 0.6 is 0 Å². The summed E-state index contributed by atoms with van der Waals surface area (Å²) in [5.41, 5.74) is 1.08. The number of anilines is 1. The molecule has 4 heteroatoms. The van der Waals surface area contributed by atoms with E-state index in [4.69, 9.17) is 4.74 Å². The highest BCUT2D eigenvalue weighted by atomic mass is 16.5. The van der Waals surface area contributed by atoms with Crippen LogP contribution in [0.15, 0.2) is 24.3 Å². The lowest BCUT2D eigenvalue weighted by Crippen LogP contribution is -2.46. The number of hydrogen-bond donors (Lipinski definition) is 1. The summed E-state index contributed by atoms with van der Waals surface area (Å²) in [5, 5.41) is 9.74. The molecular formula is C15H24N2O2. The zero-order valence-corrected chi connectivity index (χ0v) is 12.0. The van der Waals surface area contributed by atoms with Gasteiger partial charge in [-0.3, -0.25) is 0 Å². The predicted molar refractivity (Wildman–Crippen MR) is 77.9 cm³/mol. The van der Waals surface area contributed by atoms with E-state index in [-0.39, 0.29) is 12.6 Å². The largest absolute Gasteiger partial charge is 0.495 e. The van der Waals surface area contributed by atoms with Gasteiger partial charge >= 0.3 is 0 Å². The lowest BCUT2D eigenvalue weighted by molar-refractivity contribution is 0.227. The van der Waals surface area contributed by atoms with Gasteiger partial charge in [-0.05, 0) is 39.1 Å². The number of nitrogens with zero attached hydrogens (tertiary/aromatic N) is 2. The molecule has 2 atom stereocenters. The minimum Gasteiger partial charge on any atom is -0.495 e. The molecule has 1 saturated heterocycles. The van der Waals surface area contributed by atoms with E-state index in [1.165, 1.54) is 0 Å². The zero-order valence-electron chi connectivity index (χ0n) is 12.0. The molecule has 1 heterocycles. The fourth-order valence-corrected chi connectivity index (χ4v) is 2.87. The fourth-order valence-electron chi connectivity index (χ4n) is 2.87.